The van der Waals surface area contributed by atoms with Gasteiger partial charge in [0, 0.05) is 6.54 Å². The predicted octanol–water partition coefficient (Wildman–Crippen LogP) is 2.60. The van der Waals surface area contributed by atoms with Gasteiger partial charge in [0.25, 0.3) is 0 Å². The molecular formula is C14H24N2O2S. The molecule has 0 aliphatic carbocycles. The molecule has 0 saturated heterocycles. The Morgan fingerprint density at radius 2 is 1.84 bits per heavy atom. The van der Waals surface area contributed by atoms with Gasteiger partial charge < -0.3 is 5.73 Å². The van der Waals surface area contributed by atoms with Crippen molar-refractivity contribution in [1.82, 2.24) is 4.72 Å². The summed E-state index contributed by atoms with van der Waals surface area (Å²) >= 11 is 0. The second-order valence-electron chi connectivity index (χ2n) is 5.77. The van der Waals surface area contributed by atoms with Crippen molar-refractivity contribution in [3.8, 4) is 0 Å². The maximum atomic E-state index is 12.4. The van der Waals surface area contributed by atoms with E-state index in [9.17, 15) is 8.42 Å². The van der Waals surface area contributed by atoms with Crippen LogP contribution in [0.1, 0.15) is 38.3 Å². The van der Waals surface area contributed by atoms with Crippen molar-refractivity contribution in [3.63, 3.8) is 0 Å². The average molecular weight is 284 g/mol. The highest BCUT2D eigenvalue weighted by Crippen LogP contribution is 2.26. The summed E-state index contributed by atoms with van der Waals surface area (Å²) in [5.41, 5.74) is 7.69. The van der Waals surface area contributed by atoms with Gasteiger partial charge in [0.2, 0.25) is 10.0 Å². The van der Waals surface area contributed by atoms with E-state index in [1.54, 1.807) is 13.0 Å². The van der Waals surface area contributed by atoms with E-state index in [2.05, 4.69) is 4.72 Å². The highest BCUT2D eigenvalue weighted by atomic mass is 32.2. The molecule has 0 radical (unpaired) electrons. The van der Waals surface area contributed by atoms with Crippen LogP contribution in [0.15, 0.2) is 17.0 Å². The molecule has 0 aliphatic rings. The van der Waals surface area contributed by atoms with E-state index in [1.807, 2.05) is 33.8 Å². The lowest BCUT2D eigenvalue weighted by atomic mass is 9.91. The van der Waals surface area contributed by atoms with Crippen molar-refractivity contribution in [2.45, 2.75) is 45.9 Å². The van der Waals surface area contributed by atoms with Crippen LogP contribution in [-0.4, -0.2) is 15.0 Å². The van der Waals surface area contributed by atoms with E-state index >= 15 is 0 Å². The molecule has 5 heteroatoms. The van der Waals surface area contributed by atoms with Gasteiger partial charge in [-0.3, -0.25) is 0 Å². The second-order valence-corrected chi connectivity index (χ2v) is 7.47. The largest absolute Gasteiger partial charge is 0.398 e. The predicted molar refractivity (Wildman–Crippen MR) is 79.6 cm³/mol. The fourth-order valence-corrected chi connectivity index (χ4v) is 3.32. The molecule has 19 heavy (non-hydrogen) atoms. The number of rotatable bonds is 5. The van der Waals surface area contributed by atoms with Crippen LogP contribution in [-0.2, 0) is 10.0 Å². The number of hydrogen-bond acceptors (Lipinski definition) is 3. The molecule has 0 aliphatic heterocycles. The normalized spacial score (nSPS) is 12.7. The average Bonchev–Trinajstić information content (AvgIpc) is 2.32. The standard InChI is InChI=1S/C14H24N2O2S/c1-6-14(4,5)9-16-19(17,18)13-11(3)10(2)7-8-12(13)15/h7-8,16H,6,9,15H2,1-5H3. The molecular weight excluding hydrogens is 260 g/mol. The van der Waals surface area contributed by atoms with E-state index in [0.717, 1.165) is 12.0 Å². The van der Waals surface area contributed by atoms with E-state index in [4.69, 9.17) is 5.73 Å². The Morgan fingerprint density at radius 3 is 2.37 bits per heavy atom. The van der Waals surface area contributed by atoms with Crippen molar-refractivity contribution in [3.05, 3.63) is 23.3 Å². The molecule has 0 spiro atoms. The maximum Gasteiger partial charge on any atom is 0.242 e. The van der Waals surface area contributed by atoms with Crippen molar-refractivity contribution >= 4 is 15.7 Å². The van der Waals surface area contributed by atoms with Crippen LogP contribution in [0.4, 0.5) is 5.69 Å². The Balaban J connectivity index is 3.12. The zero-order chi connectivity index (χ0) is 14.8. The van der Waals surface area contributed by atoms with E-state index in [1.165, 1.54) is 0 Å². The third-order valence-corrected chi connectivity index (χ3v) is 5.28. The number of benzene rings is 1. The molecule has 0 atom stereocenters. The fourth-order valence-electron chi connectivity index (χ4n) is 1.66. The van der Waals surface area contributed by atoms with Gasteiger partial charge in [0.05, 0.1) is 5.69 Å². The molecule has 0 amide bonds. The number of nitrogens with two attached hydrogens (primary N) is 1. The van der Waals surface area contributed by atoms with Crippen LogP contribution in [0.3, 0.4) is 0 Å². The first kappa shape index (κ1) is 16.0. The Hall–Kier alpha value is -1.07. The summed E-state index contributed by atoms with van der Waals surface area (Å²) in [6.45, 7) is 10.2. The summed E-state index contributed by atoms with van der Waals surface area (Å²) in [5, 5.41) is 0. The molecule has 0 unspecified atom stereocenters. The first-order chi connectivity index (χ1) is 8.60. The SMILES string of the molecule is CCC(C)(C)CNS(=O)(=O)c1c(N)ccc(C)c1C. The monoisotopic (exact) mass is 284 g/mol. The number of hydrogen-bond donors (Lipinski definition) is 2. The first-order valence-electron chi connectivity index (χ1n) is 6.46. The number of anilines is 1. The van der Waals surface area contributed by atoms with E-state index in [-0.39, 0.29) is 10.3 Å². The highest BCUT2D eigenvalue weighted by Gasteiger charge is 2.24. The van der Waals surface area contributed by atoms with E-state index in [0.29, 0.717) is 17.8 Å². The molecule has 0 saturated carbocycles. The molecule has 3 N–H and O–H groups in total. The first-order valence-corrected chi connectivity index (χ1v) is 7.94. The lowest BCUT2D eigenvalue weighted by Gasteiger charge is -2.23. The van der Waals surface area contributed by atoms with Crippen LogP contribution in [0, 0.1) is 19.3 Å². The third kappa shape index (κ3) is 3.70. The van der Waals surface area contributed by atoms with E-state index < -0.39 is 10.0 Å². The van der Waals surface area contributed by atoms with Crippen molar-refractivity contribution in [2.24, 2.45) is 5.41 Å². The minimum Gasteiger partial charge on any atom is -0.398 e. The van der Waals surface area contributed by atoms with Crippen LogP contribution in [0.5, 0.6) is 0 Å². The van der Waals surface area contributed by atoms with Gasteiger partial charge in [-0.1, -0.05) is 26.8 Å². The number of nitrogen functional groups attached to an aromatic ring is 1. The maximum absolute atomic E-state index is 12.4. The number of nitrogens with one attached hydrogen (secondary N) is 1. The Labute approximate surface area is 116 Å². The Bertz CT molecular complexity index is 563. The summed E-state index contributed by atoms with van der Waals surface area (Å²) in [6, 6.07) is 3.47. The van der Waals surface area contributed by atoms with Gasteiger partial charge in [-0.05, 0) is 42.9 Å². The van der Waals surface area contributed by atoms with Gasteiger partial charge in [0.15, 0.2) is 0 Å². The second kappa shape index (κ2) is 5.51. The third-order valence-electron chi connectivity index (χ3n) is 3.67. The number of aryl methyl sites for hydroxylation is 1. The zero-order valence-corrected chi connectivity index (χ0v) is 13.2. The topological polar surface area (TPSA) is 72.2 Å². The summed E-state index contributed by atoms with van der Waals surface area (Å²) in [5.74, 6) is 0. The van der Waals surface area contributed by atoms with Crippen LogP contribution >= 0.6 is 0 Å². The summed E-state index contributed by atoms with van der Waals surface area (Å²) in [7, 11) is -3.56. The Kier molecular flexibility index (Phi) is 4.63. The lowest BCUT2D eigenvalue weighted by molar-refractivity contribution is 0.350. The van der Waals surface area contributed by atoms with Crippen LogP contribution < -0.4 is 10.5 Å². The highest BCUT2D eigenvalue weighted by molar-refractivity contribution is 7.89. The molecule has 0 heterocycles. The molecule has 1 aromatic carbocycles. The minimum atomic E-state index is -3.56. The van der Waals surface area contributed by atoms with Crippen molar-refractivity contribution in [1.29, 1.82) is 0 Å². The minimum absolute atomic E-state index is 0.0699. The summed E-state index contributed by atoms with van der Waals surface area (Å²) in [6.07, 6.45) is 0.901. The van der Waals surface area contributed by atoms with Crippen molar-refractivity contribution in [2.75, 3.05) is 12.3 Å². The quantitative estimate of drug-likeness (QED) is 0.816. The Morgan fingerprint density at radius 1 is 1.26 bits per heavy atom. The van der Waals surface area contributed by atoms with Gasteiger partial charge in [0.1, 0.15) is 4.90 Å². The van der Waals surface area contributed by atoms with Gasteiger partial charge in [-0.25, -0.2) is 13.1 Å². The van der Waals surface area contributed by atoms with Gasteiger partial charge in [-0.15, -0.1) is 0 Å². The van der Waals surface area contributed by atoms with Gasteiger partial charge >= 0.3 is 0 Å². The van der Waals surface area contributed by atoms with Crippen LogP contribution in [0.25, 0.3) is 0 Å². The summed E-state index contributed by atoms with van der Waals surface area (Å²) in [4.78, 5) is 0.208. The lowest BCUT2D eigenvalue weighted by Crippen LogP contribution is -2.34. The molecule has 108 valence electrons. The number of sulfonamides is 1. The van der Waals surface area contributed by atoms with Crippen LogP contribution in [0.2, 0.25) is 0 Å². The molecule has 0 bridgehead atoms. The smallest absolute Gasteiger partial charge is 0.242 e. The zero-order valence-electron chi connectivity index (χ0n) is 12.4. The summed E-state index contributed by atoms with van der Waals surface area (Å²) < 4.78 is 27.5. The molecule has 0 aromatic heterocycles. The molecule has 4 nitrogen and oxygen atoms in total. The fraction of sp³-hybridized carbons (Fsp3) is 0.571. The molecule has 1 aromatic rings. The van der Waals surface area contributed by atoms with Gasteiger partial charge in [-0.2, -0.15) is 0 Å². The molecule has 0 fully saturated rings. The molecule has 1 rings (SSSR count). The van der Waals surface area contributed by atoms with Crippen molar-refractivity contribution < 1.29 is 8.42 Å².